The Morgan fingerprint density at radius 2 is 1.64 bits per heavy atom. The molecule has 0 unspecified atom stereocenters. The first kappa shape index (κ1) is 16.9. The summed E-state index contributed by atoms with van der Waals surface area (Å²) in [6, 6.07) is 14.4. The van der Waals surface area contributed by atoms with Gasteiger partial charge in [0.05, 0.1) is 0 Å². The lowest BCUT2D eigenvalue weighted by atomic mass is 10.0. The highest BCUT2D eigenvalue weighted by Gasteiger charge is 2.26. The Hall–Kier alpha value is -1.45. The average Bonchev–Trinajstić information content (AvgIpc) is 2.55. The number of ketones is 1. The Kier molecular flexibility index (Phi) is 5.54. The van der Waals surface area contributed by atoms with Crippen LogP contribution in [0.5, 0.6) is 0 Å². The topological polar surface area (TPSA) is 52.6 Å². The van der Waals surface area contributed by atoms with Gasteiger partial charge in [0, 0.05) is 24.8 Å². The van der Waals surface area contributed by atoms with Gasteiger partial charge in [-0.1, -0.05) is 41.9 Å². The Balaban J connectivity index is 2.29. The average molecular weight is 339 g/mol. The highest BCUT2D eigenvalue weighted by Crippen LogP contribution is 2.46. The number of hydrogen-bond acceptors (Lipinski definition) is 4. The van der Waals surface area contributed by atoms with Crippen LogP contribution in [-0.2, 0) is 13.6 Å². The van der Waals surface area contributed by atoms with E-state index in [-0.39, 0.29) is 11.9 Å². The van der Waals surface area contributed by atoms with E-state index in [1.54, 1.807) is 24.3 Å². The fourth-order valence-corrected chi connectivity index (χ4v) is 3.14. The van der Waals surface area contributed by atoms with Crippen LogP contribution in [0.3, 0.4) is 0 Å². The van der Waals surface area contributed by atoms with Crippen LogP contribution in [0.25, 0.3) is 11.1 Å². The monoisotopic (exact) mass is 338 g/mol. The Labute approximate surface area is 134 Å². The van der Waals surface area contributed by atoms with E-state index < -0.39 is 7.60 Å². The standard InChI is InChI=1S/C16H16ClO4P/c1-20-22(19,21-2)11-16(18)14-7-3-5-12(9-14)13-6-4-8-15(17)10-13/h3-10H,11H2,1-2H3. The van der Waals surface area contributed by atoms with Gasteiger partial charge in [0.1, 0.15) is 6.16 Å². The van der Waals surface area contributed by atoms with Crippen molar-refractivity contribution in [1.29, 1.82) is 0 Å². The van der Waals surface area contributed by atoms with Gasteiger partial charge in [-0.05, 0) is 29.3 Å². The number of hydrogen-bond donors (Lipinski definition) is 0. The molecule has 0 radical (unpaired) electrons. The van der Waals surface area contributed by atoms with Crippen molar-refractivity contribution in [1.82, 2.24) is 0 Å². The summed E-state index contributed by atoms with van der Waals surface area (Å²) in [5.74, 6) is -0.295. The van der Waals surface area contributed by atoms with Crippen LogP contribution in [0, 0.1) is 0 Å². The van der Waals surface area contributed by atoms with Crippen LogP contribution >= 0.6 is 19.2 Å². The second kappa shape index (κ2) is 7.21. The van der Waals surface area contributed by atoms with Crippen molar-refractivity contribution in [3.63, 3.8) is 0 Å². The van der Waals surface area contributed by atoms with Crippen molar-refractivity contribution in [3.8, 4) is 11.1 Å². The zero-order valence-electron chi connectivity index (χ0n) is 12.3. The minimum Gasteiger partial charge on any atom is -0.312 e. The molecule has 4 nitrogen and oxygen atoms in total. The van der Waals surface area contributed by atoms with E-state index in [1.807, 2.05) is 24.3 Å². The van der Waals surface area contributed by atoms with Gasteiger partial charge in [0.2, 0.25) is 0 Å². The maximum Gasteiger partial charge on any atom is 0.337 e. The Morgan fingerprint density at radius 1 is 1.05 bits per heavy atom. The summed E-state index contributed by atoms with van der Waals surface area (Å²) in [5.41, 5.74) is 2.22. The summed E-state index contributed by atoms with van der Waals surface area (Å²) in [6.45, 7) is 0. The molecular formula is C16H16ClO4P. The zero-order chi connectivity index (χ0) is 16.2. The first-order valence-electron chi connectivity index (χ1n) is 6.57. The van der Waals surface area contributed by atoms with Crippen molar-refractivity contribution in [2.45, 2.75) is 0 Å². The van der Waals surface area contributed by atoms with Crippen LogP contribution in [0.2, 0.25) is 5.02 Å². The molecule has 0 atom stereocenters. The molecule has 0 amide bonds. The van der Waals surface area contributed by atoms with Gasteiger partial charge in [0.15, 0.2) is 5.78 Å². The summed E-state index contributed by atoms with van der Waals surface area (Å²) in [4.78, 5) is 12.3. The van der Waals surface area contributed by atoms with Crippen LogP contribution < -0.4 is 0 Å². The number of halogens is 1. The largest absolute Gasteiger partial charge is 0.337 e. The molecule has 2 aromatic carbocycles. The van der Waals surface area contributed by atoms with Gasteiger partial charge in [0.25, 0.3) is 0 Å². The molecule has 0 aliphatic heterocycles. The number of Topliss-reactive ketones (excluding diaryl/α,β-unsaturated/α-hetero) is 1. The molecule has 0 aromatic heterocycles. The highest BCUT2D eigenvalue weighted by atomic mass is 35.5. The number of carbonyl (C=O) groups excluding carboxylic acids is 1. The molecule has 2 rings (SSSR count). The minimum absolute atomic E-state index is 0.293. The van der Waals surface area contributed by atoms with Crippen molar-refractivity contribution in [3.05, 3.63) is 59.1 Å². The van der Waals surface area contributed by atoms with Crippen molar-refractivity contribution in [2.24, 2.45) is 0 Å². The SMILES string of the molecule is COP(=O)(CC(=O)c1cccc(-c2cccc(Cl)c2)c1)OC. The molecule has 6 heteroatoms. The molecule has 0 spiro atoms. The molecule has 0 saturated carbocycles. The number of benzene rings is 2. The maximum absolute atomic E-state index is 12.3. The van der Waals surface area contributed by atoms with Crippen molar-refractivity contribution in [2.75, 3.05) is 20.4 Å². The summed E-state index contributed by atoms with van der Waals surface area (Å²) in [5, 5.41) is 0.623. The molecular weight excluding hydrogens is 323 g/mol. The molecule has 0 fully saturated rings. The smallest absolute Gasteiger partial charge is 0.312 e. The molecule has 22 heavy (non-hydrogen) atoms. The molecule has 0 heterocycles. The van der Waals surface area contributed by atoms with Gasteiger partial charge in [-0.3, -0.25) is 9.36 Å². The zero-order valence-corrected chi connectivity index (χ0v) is 13.9. The van der Waals surface area contributed by atoms with E-state index in [0.717, 1.165) is 11.1 Å². The van der Waals surface area contributed by atoms with E-state index in [9.17, 15) is 9.36 Å². The second-order valence-electron chi connectivity index (χ2n) is 4.65. The van der Waals surface area contributed by atoms with Crippen LogP contribution in [0.1, 0.15) is 10.4 Å². The third kappa shape index (κ3) is 4.05. The quantitative estimate of drug-likeness (QED) is 0.567. The van der Waals surface area contributed by atoms with E-state index in [4.69, 9.17) is 20.6 Å². The normalized spacial score (nSPS) is 11.4. The van der Waals surface area contributed by atoms with Gasteiger partial charge in [-0.15, -0.1) is 0 Å². The fourth-order valence-electron chi connectivity index (χ4n) is 2.01. The Morgan fingerprint density at radius 3 is 2.23 bits per heavy atom. The van der Waals surface area contributed by atoms with E-state index in [1.165, 1.54) is 14.2 Å². The molecule has 0 saturated heterocycles. The van der Waals surface area contributed by atoms with Crippen molar-refractivity contribution < 1.29 is 18.4 Å². The van der Waals surface area contributed by atoms with Gasteiger partial charge in [-0.25, -0.2) is 0 Å². The molecule has 0 aliphatic rings. The molecule has 0 N–H and O–H groups in total. The van der Waals surface area contributed by atoms with Crippen LogP contribution in [0.4, 0.5) is 0 Å². The summed E-state index contributed by atoms with van der Waals surface area (Å²) in [6.07, 6.45) is -0.293. The molecule has 116 valence electrons. The first-order valence-corrected chi connectivity index (χ1v) is 8.68. The van der Waals surface area contributed by atoms with E-state index in [2.05, 4.69) is 0 Å². The third-order valence-electron chi connectivity index (χ3n) is 3.24. The van der Waals surface area contributed by atoms with Crippen LogP contribution in [-0.4, -0.2) is 26.2 Å². The van der Waals surface area contributed by atoms with Gasteiger partial charge in [-0.2, -0.15) is 0 Å². The summed E-state index contributed by atoms with van der Waals surface area (Å²) in [7, 11) is -0.841. The predicted molar refractivity (Wildman–Crippen MR) is 87.7 cm³/mol. The highest BCUT2D eigenvalue weighted by molar-refractivity contribution is 7.54. The molecule has 2 aromatic rings. The van der Waals surface area contributed by atoms with Crippen LogP contribution in [0.15, 0.2) is 48.5 Å². The fraction of sp³-hybridized carbons (Fsp3) is 0.188. The lowest BCUT2D eigenvalue weighted by Gasteiger charge is -2.13. The lowest BCUT2D eigenvalue weighted by Crippen LogP contribution is -2.08. The number of rotatable bonds is 6. The predicted octanol–water partition coefficient (Wildman–Crippen LogP) is 4.68. The second-order valence-corrected chi connectivity index (χ2v) is 7.35. The molecule has 0 aliphatic carbocycles. The first-order chi connectivity index (χ1) is 10.5. The minimum atomic E-state index is -3.37. The summed E-state index contributed by atoms with van der Waals surface area (Å²) >= 11 is 5.98. The molecule has 0 bridgehead atoms. The van der Waals surface area contributed by atoms with E-state index >= 15 is 0 Å². The third-order valence-corrected chi connectivity index (χ3v) is 5.26. The number of carbonyl (C=O) groups is 1. The summed E-state index contributed by atoms with van der Waals surface area (Å²) < 4.78 is 21.7. The Bertz CT molecular complexity index is 722. The maximum atomic E-state index is 12.3. The van der Waals surface area contributed by atoms with Gasteiger partial charge < -0.3 is 9.05 Å². The lowest BCUT2D eigenvalue weighted by molar-refractivity contribution is 0.101. The van der Waals surface area contributed by atoms with Gasteiger partial charge >= 0.3 is 7.60 Å². The van der Waals surface area contributed by atoms with Crippen molar-refractivity contribution >= 4 is 25.0 Å². The van der Waals surface area contributed by atoms with E-state index in [0.29, 0.717) is 10.6 Å².